The molecule has 6 nitrogen and oxygen atoms in total. The third kappa shape index (κ3) is 4.35. The highest BCUT2D eigenvalue weighted by atomic mass is 19.4. The summed E-state index contributed by atoms with van der Waals surface area (Å²) in [5.74, 6) is 0.187. The number of carbonyl (C=O) groups excluding carboxylic acids is 1. The lowest BCUT2D eigenvalue weighted by atomic mass is 9.97. The highest BCUT2D eigenvalue weighted by Gasteiger charge is 2.46. The molecule has 0 saturated heterocycles. The molecule has 2 heterocycles. The monoisotopic (exact) mass is 430 g/mol. The molecule has 0 radical (unpaired) electrons. The molecular weight excluding hydrogens is 409 g/mol. The van der Waals surface area contributed by atoms with Crippen molar-refractivity contribution in [3.63, 3.8) is 0 Å². The Balaban J connectivity index is 1.63. The van der Waals surface area contributed by atoms with Crippen molar-refractivity contribution in [3.05, 3.63) is 71.4 Å². The number of nitrogens with one attached hydrogen (secondary N) is 2. The first-order chi connectivity index (χ1) is 14.7. The number of benzene rings is 2. The van der Waals surface area contributed by atoms with E-state index in [0.717, 1.165) is 10.2 Å². The average Bonchev–Trinajstić information content (AvgIpc) is 3.16. The number of methoxy groups -OCH3 is 1. The number of rotatable bonds is 4. The molecule has 4 rings (SSSR count). The van der Waals surface area contributed by atoms with Gasteiger partial charge < -0.3 is 15.4 Å². The topological polar surface area (TPSA) is 68.2 Å². The van der Waals surface area contributed by atoms with Crippen LogP contribution in [0.5, 0.6) is 5.75 Å². The summed E-state index contributed by atoms with van der Waals surface area (Å²) < 4.78 is 47.4. The fraction of sp³-hybridized carbons (Fsp3) is 0.273. The predicted molar refractivity (Wildman–Crippen MR) is 110 cm³/mol. The number of hydrogen-bond donors (Lipinski definition) is 2. The number of ether oxygens (including phenoxy) is 1. The van der Waals surface area contributed by atoms with Gasteiger partial charge in [-0.05, 0) is 42.3 Å². The Hall–Kier alpha value is -3.49. The Morgan fingerprint density at radius 1 is 1.19 bits per heavy atom. The van der Waals surface area contributed by atoms with E-state index in [9.17, 15) is 18.0 Å². The van der Waals surface area contributed by atoms with Gasteiger partial charge in [0.2, 0.25) is 0 Å². The van der Waals surface area contributed by atoms with Gasteiger partial charge >= 0.3 is 6.18 Å². The molecule has 1 amide bonds. The molecule has 2 atom stereocenters. The first kappa shape index (κ1) is 20.8. The van der Waals surface area contributed by atoms with Crippen molar-refractivity contribution in [2.75, 3.05) is 17.7 Å². The van der Waals surface area contributed by atoms with E-state index >= 15 is 0 Å². The molecular formula is C22H21F3N4O2. The minimum absolute atomic E-state index is 0.0892. The quantitative estimate of drug-likeness (QED) is 0.603. The Kier molecular flexibility index (Phi) is 5.34. The average molecular weight is 430 g/mol. The first-order valence-electron chi connectivity index (χ1n) is 9.69. The summed E-state index contributed by atoms with van der Waals surface area (Å²) in [6, 6.07) is 12.9. The highest BCUT2D eigenvalue weighted by Crippen LogP contribution is 2.43. The van der Waals surface area contributed by atoms with Crippen LogP contribution in [0.2, 0.25) is 0 Å². The number of halogens is 3. The van der Waals surface area contributed by atoms with Crippen LogP contribution in [0.25, 0.3) is 0 Å². The van der Waals surface area contributed by atoms with E-state index in [1.807, 2.05) is 13.0 Å². The molecule has 0 fully saturated rings. The summed E-state index contributed by atoms with van der Waals surface area (Å²) >= 11 is 0. The predicted octanol–water partition coefficient (Wildman–Crippen LogP) is 5.11. The third-order valence-electron chi connectivity index (χ3n) is 5.22. The number of alkyl halides is 3. The molecule has 1 aromatic heterocycles. The lowest BCUT2D eigenvalue weighted by Gasteiger charge is -2.33. The van der Waals surface area contributed by atoms with Gasteiger partial charge in [0, 0.05) is 18.2 Å². The summed E-state index contributed by atoms with van der Waals surface area (Å²) in [7, 11) is 1.52. The minimum atomic E-state index is -4.52. The number of hydrogen-bond acceptors (Lipinski definition) is 4. The van der Waals surface area contributed by atoms with E-state index in [-0.39, 0.29) is 17.9 Å². The minimum Gasteiger partial charge on any atom is -0.497 e. The number of fused-ring (bicyclic) bond motifs is 1. The van der Waals surface area contributed by atoms with Crippen LogP contribution in [0.15, 0.2) is 54.6 Å². The SMILES string of the molecule is COc1ccc(C2CC(C(F)(F)F)n3nc(C(=O)Nc4cccc(C)c4)cc3N2)cc1. The van der Waals surface area contributed by atoms with Crippen LogP contribution in [-0.4, -0.2) is 29.0 Å². The zero-order valence-corrected chi connectivity index (χ0v) is 16.9. The smallest absolute Gasteiger partial charge is 0.410 e. The van der Waals surface area contributed by atoms with E-state index in [4.69, 9.17) is 4.74 Å². The van der Waals surface area contributed by atoms with Gasteiger partial charge in [0.25, 0.3) is 5.91 Å². The van der Waals surface area contributed by atoms with Gasteiger partial charge in [0.15, 0.2) is 11.7 Å². The first-order valence-corrected chi connectivity index (χ1v) is 9.69. The summed E-state index contributed by atoms with van der Waals surface area (Å²) in [6.45, 7) is 1.88. The Bertz CT molecular complexity index is 1090. The maximum absolute atomic E-state index is 13.8. The number of aryl methyl sites for hydroxylation is 1. The zero-order valence-electron chi connectivity index (χ0n) is 16.9. The number of anilines is 2. The number of carbonyl (C=O) groups is 1. The van der Waals surface area contributed by atoms with Crippen LogP contribution >= 0.6 is 0 Å². The third-order valence-corrected chi connectivity index (χ3v) is 5.22. The van der Waals surface area contributed by atoms with Gasteiger partial charge in [0.05, 0.1) is 13.2 Å². The van der Waals surface area contributed by atoms with Crippen molar-refractivity contribution in [3.8, 4) is 5.75 Å². The molecule has 2 aromatic carbocycles. The largest absolute Gasteiger partial charge is 0.497 e. The highest BCUT2D eigenvalue weighted by molar-refractivity contribution is 6.03. The van der Waals surface area contributed by atoms with E-state index in [2.05, 4.69) is 15.7 Å². The molecule has 3 aromatic rings. The Labute approximate surface area is 177 Å². The van der Waals surface area contributed by atoms with Crippen LogP contribution in [0.1, 0.15) is 40.1 Å². The normalized spacial score (nSPS) is 18.1. The molecule has 1 aliphatic rings. The lowest BCUT2D eigenvalue weighted by Crippen LogP contribution is -2.35. The van der Waals surface area contributed by atoms with Crippen molar-refractivity contribution < 1.29 is 22.7 Å². The molecule has 0 spiro atoms. The van der Waals surface area contributed by atoms with Crippen LogP contribution in [0.3, 0.4) is 0 Å². The van der Waals surface area contributed by atoms with Crippen molar-refractivity contribution >= 4 is 17.4 Å². The van der Waals surface area contributed by atoms with E-state index in [0.29, 0.717) is 17.0 Å². The van der Waals surface area contributed by atoms with Crippen molar-refractivity contribution in [2.45, 2.75) is 31.6 Å². The van der Waals surface area contributed by atoms with Crippen LogP contribution in [-0.2, 0) is 0 Å². The summed E-state index contributed by atoms with van der Waals surface area (Å²) in [4.78, 5) is 12.6. The molecule has 0 bridgehead atoms. The molecule has 162 valence electrons. The van der Waals surface area contributed by atoms with E-state index in [1.165, 1.54) is 13.2 Å². The van der Waals surface area contributed by atoms with Crippen LogP contribution < -0.4 is 15.4 Å². The zero-order chi connectivity index (χ0) is 22.2. The molecule has 0 aliphatic carbocycles. The van der Waals surface area contributed by atoms with Crippen LogP contribution in [0.4, 0.5) is 24.7 Å². The summed E-state index contributed by atoms with van der Waals surface area (Å²) in [6.07, 6.45) is -4.76. The maximum Gasteiger partial charge on any atom is 0.410 e. The summed E-state index contributed by atoms with van der Waals surface area (Å²) in [5, 5.41) is 9.74. The fourth-order valence-electron chi connectivity index (χ4n) is 3.66. The van der Waals surface area contributed by atoms with Gasteiger partial charge in [-0.3, -0.25) is 4.79 Å². The van der Waals surface area contributed by atoms with Gasteiger partial charge in [-0.25, -0.2) is 4.68 Å². The molecule has 2 unspecified atom stereocenters. The number of aromatic nitrogens is 2. The second-order valence-corrected chi connectivity index (χ2v) is 7.45. The van der Waals surface area contributed by atoms with Crippen molar-refractivity contribution in [1.82, 2.24) is 9.78 Å². The fourth-order valence-corrected chi connectivity index (χ4v) is 3.66. The standard InChI is InChI=1S/C22H21F3N4O2/c1-13-4-3-5-15(10-13)26-21(30)18-12-20-27-17(14-6-8-16(31-2)9-7-14)11-19(22(23,24)25)29(20)28-18/h3-10,12,17,19,27H,11H2,1-2H3,(H,26,30). The molecule has 9 heteroatoms. The Morgan fingerprint density at radius 3 is 2.58 bits per heavy atom. The number of amides is 1. The second-order valence-electron chi connectivity index (χ2n) is 7.45. The Morgan fingerprint density at radius 2 is 1.94 bits per heavy atom. The van der Waals surface area contributed by atoms with E-state index in [1.54, 1.807) is 42.5 Å². The van der Waals surface area contributed by atoms with Crippen molar-refractivity contribution in [2.24, 2.45) is 0 Å². The summed E-state index contributed by atoms with van der Waals surface area (Å²) in [5.41, 5.74) is 2.09. The van der Waals surface area contributed by atoms with E-state index < -0.39 is 24.2 Å². The van der Waals surface area contributed by atoms with Gasteiger partial charge in [0.1, 0.15) is 11.6 Å². The van der Waals surface area contributed by atoms with Gasteiger partial charge in [-0.15, -0.1) is 0 Å². The number of nitrogens with zero attached hydrogens (tertiary/aromatic N) is 2. The van der Waals surface area contributed by atoms with Crippen LogP contribution in [0, 0.1) is 6.92 Å². The molecule has 31 heavy (non-hydrogen) atoms. The maximum atomic E-state index is 13.8. The molecule has 0 saturated carbocycles. The second kappa shape index (κ2) is 7.98. The van der Waals surface area contributed by atoms with Crippen molar-refractivity contribution in [1.29, 1.82) is 0 Å². The van der Waals surface area contributed by atoms with Gasteiger partial charge in [-0.2, -0.15) is 18.3 Å². The molecule has 1 aliphatic heterocycles. The van der Waals surface area contributed by atoms with Gasteiger partial charge in [-0.1, -0.05) is 24.3 Å². The molecule has 2 N–H and O–H groups in total. The lowest BCUT2D eigenvalue weighted by molar-refractivity contribution is -0.173.